The zero-order valence-electron chi connectivity index (χ0n) is 16.5. The van der Waals surface area contributed by atoms with E-state index in [0.717, 1.165) is 22.9 Å². The predicted molar refractivity (Wildman–Crippen MR) is 110 cm³/mol. The molecule has 157 valence electrons. The number of fused-ring (bicyclic) bond motifs is 1. The van der Waals surface area contributed by atoms with Gasteiger partial charge in [-0.25, -0.2) is 5.48 Å². The summed E-state index contributed by atoms with van der Waals surface area (Å²) in [5.41, 5.74) is 3.54. The molecule has 1 radical (unpaired) electrons. The van der Waals surface area contributed by atoms with Crippen LogP contribution in [0.25, 0.3) is 10.9 Å². The molecule has 2 rings (SSSR count). The van der Waals surface area contributed by atoms with E-state index in [4.69, 9.17) is 5.21 Å². The number of unbranched alkanes of at least 4 members (excludes halogenated alkanes) is 2. The number of rotatable bonds is 12. The molecule has 1 aromatic carbocycles. The van der Waals surface area contributed by atoms with E-state index in [0.29, 0.717) is 32.2 Å². The highest BCUT2D eigenvalue weighted by Crippen LogP contribution is 2.19. The zero-order valence-corrected chi connectivity index (χ0v) is 16.5. The van der Waals surface area contributed by atoms with E-state index in [-0.39, 0.29) is 24.7 Å². The number of amides is 3. The second-order valence-corrected chi connectivity index (χ2v) is 6.92. The average molecular weight is 401 g/mol. The number of aromatic amines is 1. The molecule has 8 nitrogen and oxygen atoms in total. The molecule has 2 aromatic rings. The quantitative estimate of drug-likeness (QED) is 0.212. The third-order valence-corrected chi connectivity index (χ3v) is 4.66. The van der Waals surface area contributed by atoms with Crippen LogP contribution in [0.5, 0.6) is 0 Å². The predicted octanol–water partition coefficient (Wildman–Crippen LogP) is 1.99. The summed E-state index contributed by atoms with van der Waals surface area (Å²) in [6.45, 7) is 4.13. The fourth-order valence-electron chi connectivity index (χ4n) is 3.13. The lowest BCUT2D eigenvalue weighted by molar-refractivity contribution is -0.129. The van der Waals surface area contributed by atoms with Crippen molar-refractivity contribution in [2.24, 2.45) is 0 Å². The van der Waals surface area contributed by atoms with E-state index in [1.54, 1.807) is 5.48 Å². The molecule has 29 heavy (non-hydrogen) atoms. The molecule has 0 aliphatic rings. The van der Waals surface area contributed by atoms with Crippen LogP contribution >= 0.6 is 0 Å². The molecule has 0 bridgehead atoms. The normalized spacial score (nSPS) is 11.8. The van der Waals surface area contributed by atoms with E-state index in [9.17, 15) is 14.4 Å². The van der Waals surface area contributed by atoms with Gasteiger partial charge in [-0.15, -0.1) is 0 Å². The lowest BCUT2D eigenvalue weighted by Gasteiger charge is -2.18. The Hall–Kier alpha value is -2.87. The van der Waals surface area contributed by atoms with Crippen molar-refractivity contribution in [3.63, 3.8) is 0 Å². The Kier molecular flexibility index (Phi) is 9.17. The third kappa shape index (κ3) is 7.23. The van der Waals surface area contributed by atoms with Gasteiger partial charge in [0.2, 0.25) is 17.7 Å². The minimum absolute atomic E-state index is 0.199. The number of aromatic nitrogens is 1. The van der Waals surface area contributed by atoms with Gasteiger partial charge in [-0.1, -0.05) is 31.5 Å². The summed E-state index contributed by atoms with van der Waals surface area (Å²) in [7, 11) is 0. The van der Waals surface area contributed by atoms with Crippen LogP contribution < -0.4 is 16.1 Å². The average Bonchev–Trinajstić information content (AvgIpc) is 3.12. The number of para-hydroxylation sites is 1. The number of benzene rings is 1. The maximum absolute atomic E-state index is 12.7. The zero-order chi connectivity index (χ0) is 21.1. The highest BCUT2D eigenvalue weighted by molar-refractivity contribution is 5.89. The lowest BCUT2D eigenvalue weighted by Crippen LogP contribution is -2.48. The third-order valence-electron chi connectivity index (χ3n) is 4.66. The van der Waals surface area contributed by atoms with Crippen LogP contribution in [0.2, 0.25) is 0 Å². The summed E-state index contributed by atoms with van der Waals surface area (Å²) in [5, 5.41) is 15.2. The maximum atomic E-state index is 12.7. The SMILES string of the molecule is [CH2]CCC(=O)NC(Cc1c[nH]c2ccccc12)C(=O)NCCCCCC(=O)NO. The lowest BCUT2D eigenvalue weighted by atomic mass is 10.0. The monoisotopic (exact) mass is 401 g/mol. The number of carbonyl (C=O) groups is 3. The van der Waals surface area contributed by atoms with Gasteiger partial charge in [0.1, 0.15) is 6.04 Å². The van der Waals surface area contributed by atoms with Gasteiger partial charge in [-0.05, 0) is 30.9 Å². The number of hydrogen-bond acceptors (Lipinski definition) is 4. The molecule has 0 saturated carbocycles. The summed E-state index contributed by atoms with van der Waals surface area (Å²) in [5.74, 6) is -0.850. The van der Waals surface area contributed by atoms with Crippen molar-refractivity contribution in [2.75, 3.05) is 6.54 Å². The Morgan fingerprint density at radius 3 is 2.62 bits per heavy atom. The van der Waals surface area contributed by atoms with Crippen LogP contribution in [0.4, 0.5) is 0 Å². The fraction of sp³-hybridized carbons (Fsp3) is 0.429. The van der Waals surface area contributed by atoms with Gasteiger partial charge in [0.25, 0.3) is 0 Å². The molecular formula is C21H29N4O4. The molecular weight excluding hydrogens is 372 g/mol. The minimum atomic E-state index is -0.673. The van der Waals surface area contributed by atoms with E-state index in [2.05, 4.69) is 22.5 Å². The largest absolute Gasteiger partial charge is 0.361 e. The van der Waals surface area contributed by atoms with E-state index in [1.165, 1.54) is 0 Å². The summed E-state index contributed by atoms with van der Waals surface area (Å²) >= 11 is 0. The van der Waals surface area contributed by atoms with Crippen molar-refractivity contribution in [3.05, 3.63) is 42.9 Å². The minimum Gasteiger partial charge on any atom is -0.361 e. The number of hydrogen-bond donors (Lipinski definition) is 5. The fourth-order valence-corrected chi connectivity index (χ4v) is 3.13. The van der Waals surface area contributed by atoms with Crippen LogP contribution in [-0.2, 0) is 20.8 Å². The van der Waals surface area contributed by atoms with Gasteiger partial charge >= 0.3 is 0 Å². The van der Waals surface area contributed by atoms with Crippen LogP contribution in [0.15, 0.2) is 30.5 Å². The second kappa shape index (κ2) is 11.9. The van der Waals surface area contributed by atoms with Gasteiger partial charge in [-0.2, -0.15) is 0 Å². The highest BCUT2D eigenvalue weighted by atomic mass is 16.5. The molecule has 0 fully saturated rings. The van der Waals surface area contributed by atoms with E-state index < -0.39 is 11.9 Å². The molecule has 0 spiro atoms. The summed E-state index contributed by atoms with van der Waals surface area (Å²) in [6, 6.07) is 7.15. The Labute approximate surface area is 170 Å². The molecule has 3 amide bonds. The van der Waals surface area contributed by atoms with Gasteiger partial charge < -0.3 is 15.6 Å². The summed E-state index contributed by atoms with van der Waals surface area (Å²) in [4.78, 5) is 38.9. The number of nitrogens with one attached hydrogen (secondary N) is 4. The number of hydroxylamine groups is 1. The first-order valence-corrected chi connectivity index (χ1v) is 9.89. The van der Waals surface area contributed by atoms with Crippen molar-refractivity contribution in [1.29, 1.82) is 0 Å². The van der Waals surface area contributed by atoms with Crippen LogP contribution in [0, 0.1) is 6.92 Å². The first-order chi connectivity index (χ1) is 14.0. The van der Waals surface area contributed by atoms with Crippen molar-refractivity contribution in [2.45, 2.75) is 51.0 Å². The van der Waals surface area contributed by atoms with Gasteiger partial charge in [0, 0.05) is 42.9 Å². The smallest absolute Gasteiger partial charge is 0.243 e. The van der Waals surface area contributed by atoms with Crippen LogP contribution in [-0.4, -0.2) is 40.5 Å². The number of H-pyrrole nitrogens is 1. The standard InChI is InChI=1S/C21H29N4O4/c1-2-8-19(26)24-18(13-15-14-23-17-10-6-5-9-16(15)17)21(28)22-12-7-3-4-11-20(27)25-29/h5-6,9-10,14,18,23,29H,1-4,7-8,11-13H2,(H,22,28)(H,24,26)(H,25,27). The molecule has 1 aromatic heterocycles. The first kappa shape index (κ1) is 22.4. The van der Waals surface area contributed by atoms with Crippen molar-refractivity contribution >= 4 is 28.6 Å². The molecule has 5 N–H and O–H groups in total. The molecule has 0 aliphatic carbocycles. The molecule has 1 unspecified atom stereocenters. The Balaban J connectivity index is 1.91. The van der Waals surface area contributed by atoms with E-state index >= 15 is 0 Å². The van der Waals surface area contributed by atoms with Crippen molar-refractivity contribution in [1.82, 2.24) is 21.1 Å². The molecule has 8 heteroatoms. The first-order valence-electron chi connectivity index (χ1n) is 9.89. The topological polar surface area (TPSA) is 123 Å². The van der Waals surface area contributed by atoms with Gasteiger partial charge in [0.15, 0.2) is 0 Å². The second-order valence-electron chi connectivity index (χ2n) is 6.92. The molecule has 0 saturated heterocycles. The highest BCUT2D eigenvalue weighted by Gasteiger charge is 2.22. The van der Waals surface area contributed by atoms with Crippen molar-refractivity contribution in [3.8, 4) is 0 Å². The molecule has 0 aliphatic heterocycles. The molecule has 1 atom stereocenters. The van der Waals surface area contributed by atoms with Crippen LogP contribution in [0.1, 0.15) is 44.1 Å². The Bertz CT molecular complexity index is 818. The van der Waals surface area contributed by atoms with Gasteiger partial charge in [-0.3, -0.25) is 19.6 Å². The number of carbonyl (C=O) groups excluding carboxylic acids is 3. The Morgan fingerprint density at radius 2 is 1.86 bits per heavy atom. The van der Waals surface area contributed by atoms with Crippen molar-refractivity contribution < 1.29 is 19.6 Å². The van der Waals surface area contributed by atoms with E-state index in [1.807, 2.05) is 30.5 Å². The van der Waals surface area contributed by atoms with Gasteiger partial charge in [0.05, 0.1) is 0 Å². The summed E-state index contributed by atoms with van der Waals surface area (Å²) < 4.78 is 0. The summed E-state index contributed by atoms with van der Waals surface area (Å²) in [6.07, 6.45) is 5.31. The maximum Gasteiger partial charge on any atom is 0.243 e. The van der Waals surface area contributed by atoms with Crippen LogP contribution in [0.3, 0.4) is 0 Å². The Morgan fingerprint density at radius 1 is 1.07 bits per heavy atom. The molecule has 1 heterocycles.